The Bertz CT molecular complexity index is 613. The van der Waals surface area contributed by atoms with Crippen LogP contribution in [0.1, 0.15) is 25.8 Å². The highest BCUT2D eigenvalue weighted by Gasteiger charge is 2.29. The largest absolute Gasteiger partial charge is 0.489 e. The van der Waals surface area contributed by atoms with Gasteiger partial charge in [-0.05, 0) is 37.1 Å². The fourth-order valence-electron chi connectivity index (χ4n) is 1.79. The van der Waals surface area contributed by atoms with Gasteiger partial charge in [0.2, 0.25) is 0 Å². The molecule has 0 aromatic heterocycles. The SMILES string of the molecule is CC[C@@H](C)Oc1ccc(/C=C2/NC(=O)N(C)C2=O)cc1Cl. The minimum Gasteiger partial charge on any atom is -0.489 e. The van der Waals surface area contributed by atoms with Gasteiger partial charge in [-0.15, -0.1) is 0 Å². The van der Waals surface area contributed by atoms with Crippen LogP contribution in [0, 0.1) is 0 Å². The minimum absolute atomic E-state index is 0.0797. The second-order valence-electron chi connectivity index (χ2n) is 4.88. The molecule has 0 spiro atoms. The fraction of sp³-hybridized carbons (Fsp3) is 0.333. The summed E-state index contributed by atoms with van der Waals surface area (Å²) in [5.41, 5.74) is 0.949. The predicted molar refractivity (Wildman–Crippen MR) is 81.1 cm³/mol. The van der Waals surface area contributed by atoms with Crippen LogP contribution in [0.5, 0.6) is 5.75 Å². The summed E-state index contributed by atoms with van der Waals surface area (Å²) in [5.74, 6) is 0.239. The third-order valence-electron chi connectivity index (χ3n) is 3.25. The summed E-state index contributed by atoms with van der Waals surface area (Å²) in [6, 6.07) is 4.80. The molecule has 21 heavy (non-hydrogen) atoms. The first-order valence-electron chi connectivity index (χ1n) is 6.69. The molecule has 1 saturated heterocycles. The van der Waals surface area contributed by atoms with Crippen molar-refractivity contribution in [3.8, 4) is 5.75 Å². The van der Waals surface area contributed by atoms with Gasteiger partial charge in [-0.25, -0.2) is 4.79 Å². The van der Waals surface area contributed by atoms with Crippen LogP contribution < -0.4 is 10.1 Å². The Kier molecular flexibility index (Phi) is 4.53. The maximum Gasteiger partial charge on any atom is 0.328 e. The lowest BCUT2D eigenvalue weighted by Crippen LogP contribution is -2.25. The lowest BCUT2D eigenvalue weighted by molar-refractivity contribution is -0.121. The number of rotatable bonds is 4. The van der Waals surface area contributed by atoms with Crippen LogP contribution in [0.25, 0.3) is 6.08 Å². The molecule has 112 valence electrons. The summed E-state index contributed by atoms with van der Waals surface area (Å²) in [5, 5.41) is 2.97. The first-order valence-corrected chi connectivity index (χ1v) is 7.07. The molecular formula is C15H17ClN2O3. The lowest BCUT2D eigenvalue weighted by Gasteiger charge is -2.14. The van der Waals surface area contributed by atoms with Gasteiger partial charge >= 0.3 is 6.03 Å². The Balaban J connectivity index is 2.21. The van der Waals surface area contributed by atoms with Gasteiger partial charge in [0.05, 0.1) is 11.1 Å². The molecule has 0 unspecified atom stereocenters. The van der Waals surface area contributed by atoms with E-state index in [-0.39, 0.29) is 17.7 Å². The van der Waals surface area contributed by atoms with E-state index < -0.39 is 6.03 Å². The van der Waals surface area contributed by atoms with Crippen LogP contribution in [-0.2, 0) is 4.79 Å². The summed E-state index contributed by atoms with van der Waals surface area (Å²) < 4.78 is 5.68. The molecule has 1 aliphatic heterocycles. The van der Waals surface area contributed by atoms with Crippen molar-refractivity contribution in [2.75, 3.05) is 7.05 Å². The molecular weight excluding hydrogens is 292 g/mol. The van der Waals surface area contributed by atoms with Crippen molar-refractivity contribution in [2.24, 2.45) is 0 Å². The molecule has 0 radical (unpaired) electrons. The highest BCUT2D eigenvalue weighted by Crippen LogP contribution is 2.28. The van der Waals surface area contributed by atoms with Crippen molar-refractivity contribution in [1.29, 1.82) is 0 Å². The van der Waals surface area contributed by atoms with E-state index in [0.29, 0.717) is 10.8 Å². The van der Waals surface area contributed by atoms with Gasteiger partial charge in [0.25, 0.3) is 5.91 Å². The Morgan fingerprint density at radius 3 is 2.67 bits per heavy atom. The number of hydrogen-bond donors (Lipinski definition) is 1. The van der Waals surface area contributed by atoms with Crippen molar-refractivity contribution >= 4 is 29.6 Å². The molecule has 1 atom stereocenters. The molecule has 5 nitrogen and oxygen atoms in total. The quantitative estimate of drug-likeness (QED) is 0.687. The molecule has 2 rings (SSSR count). The third-order valence-corrected chi connectivity index (χ3v) is 3.55. The molecule has 0 bridgehead atoms. The number of carbonyl (C=O) groups excluding carboxylic acids is 2. The van der Waals surface area contributed by atoms with E-state index in [4.69, 9.17) is 16.3 Å². The molecule has 1 aromatic rings. The smallest absolute Gasteiger partial charge is 0.328 e. The van der Waals surface area contributed by atoms with Gasteiger partial charge in [0.15, 0.2) is 0 Å². The van der Waals surface area contributed by atoms with Crippen LogP contribution >= 0.6 is 11.6 Å². The maximum atomic E-state index is 11.8. The molecule has 3 amide bonds. The molecule has 1 aliphatic rings. The highest BCUT2D eigenvalue weighted by atomic mass is 35.5. The van der Waals surface area contributed by atoms with Gasteiger partial charge in [0, 0.05) is 7.05 Å². The molecule has 1 aromatic carbocycles. The van der Waals surface area contributed by atoms with E-state index in [9.17, 15) is 9.59 Å². The zero-order valence-corrected chi connectivity index (χ0v) is 12.9. The third kappa shape index (κ3) is 3.36. The molecule has 1 heterocycles. The molecule has 6 heteroatoms. The summed E-state index contributed by atoms with van der Waals surface area (Å²) >= 11 is 6.17. The fourth-order valence-corrected chi connectivity index (χ4v) is 2.03. The standard InChI is InChI=1S/C15H17ClN2O3/c1-4-9(2)21-13-6-5-10(7-11(13)16)8-12-14(19)18(3)15(20)17-12/h5-9H,4H2,1-3H3,(H,17,20)/b12-8+/t9-/m1/s1. The number of amides is 3. The van der Waals surface area contributed by atoms with E-state index in [1.54, 1.807) is 24.3 Å². The zero-order valence-electron chi connectivity index (χ0n) is 12.1. The molecule has 1 N–H and O–H groups in total. The van der Waals surface area contributed by atoms with E-state index in [1.165, 1.54) is 7.05 Å². The van der Waals surface area contributed by atoms with Gasteiger partial charge < -0.3 is 10.1 Å². The predicted octanol–water partition coefficient (Wildman–Crippen LogP) is 3.04. The Morgan fingerprint density at radius 1 is 1.43 bits per heavy atom. The van der Waals surface area contributed by atoms with E-state index in [1.807, 2.05) is 13.8 Å². The molecule has 0 saturated carbocycles. The van der Waals surface area contributed by atoms with Gasteiger partial charge in [-0.2, -0.15) is 0 Å². The zero-order chi connectivity index (χ0) is 15.6. The van der Waals surface area contributed by atoms with Crippen LogP contribution in [0.3, 0.4) is 0 Å². The van der Waals surface area contributed by atoms with Gasteiger partial charge in [0.1, 0.15) is 11.4 Å². The number of nitrogens with one attached hydrogen (secondary N) is 1. The number of benzene rings is 1. The Labute approximate surface area is 128 Å². The van der Waals surface area contributed by atoms with Crippen LogP contribution in [0.4, 0.5) is 4.79 Å². The summed E-state index contributed by atoms with van der Waals surface area (Å²) in [6.07, 6.45) is 2.55. The summed E-state index contributed by atoms with van der Waals surface area (Å²) in [6.45, 7) is 4.00. The van der Waals surface area contributed by atoms with E-state index in [2.05, 4.69) is 5.32 Å². The summed E-state index contributed by atoms with van der Waals surface area (Å²) in [7, 11) is 1.43. The maximum absolute atomic E-state index is 11.8. The van der Waals surface area contributed by atoms with Crippen molar-refractivity contribution in [1.82, 2.24) is 10.2 Å². The average Bonchev–Trinajstić information content (AvgIpc) is 2.69. The van der Waals surface area contributed by atoms with Crippen molar-refractivity contribution in [3.05, 3.63) is 34.5 Å². The lowest BCUT2D eigenvalue weighted by atomic mass is 10.2. The number of hydrogen-bond acceptors (Lipinski definition) is 3. The number of urea groups is 1. The van der Waals surface area contributed by atoms with E-state index in [0.717, 1.165) is 16.9 Å². The Hall–Kier alpha value is -2.01. The number of ether oxygens (including phenoxy) is 1. The Morgan fingerprint density at radius 2 is 2.14 bits per heavy atom. The van der Waals surface area contributed by atoms with Crippen LogP contribution in [-0.4, -0.2) is 30.0 Å². The second kappa shape index (κ2) is 6.18. The molecule has 0 aliphatic carbocycles. The number of nitrogens with zero attached hydrogens (tertiary/aromatic N) is 1. The number of imide groups is 1. The first kappa shape index (κ1) is 15.4. The number of carbonyl (C=O) groups is 2. The second-order valence-corrected chi connectivity index (χ2v) is 5.29. The topological polar surface area (TPSA) is 58.6 Å². The number of likely N-dealkylation sites (N-methyl/N-ethyl adjacent to an activating group) is 1. The van der Waals surface area contributed by atoms with Gasteiger partial charge in [-0.1, -0.05) is 24.6 Å². The number of halogens is 1. The van der Waals surface area contributed by atoms with Gasteiger partial charge in [-0.3, -0.25) is 9.69 Å². The van der Waals surface area contributed by atoms with Crippen molar-refractivity contribution < 1.29 is 14.3 Å². The molecule has 1 fully saturated rings. The monoisotopic (exact) mass is 308 g/mol. The van der Waals surface area contributed by atoms with Crippen LogP contribution in [0.2, 0.25) is 5.02 Å². The average molecular weight is 309 g/mol. The van der Waals surface area contributed by atoms with Crippen molar-refractivity contribution in [2.45, 2.75) is 26.4 Å². The normalized spacial score (nSPS) is 18.1. The van der Waals surface area contributed by atoms with Crippen LogP contribution in [0.15, 0.2) is 23.9 Å². The first-order chi connectivity index (χ1) is 9.92. The highest BCUT2D eigenvalue weighted by molar-refractivity contribution is 6.32. The minimum atomic E-state index is -0.436. The summed E-state index contributed by atoms with van der Waals surface area (Å²) in [4.78, 5) is 24.2. The van der Waals surface area contributed by atoms with Crippen molar-refractivity contribution in [3.63, 3.8) is 0 Å². The van der Waals surface area contributed by atoms with E-state index >= 15 is 0 Å².